The highest BCUT2D eigenvalue weighted by Gasteiger charge is 2.38. The molecule has 0 saturated carbocycles. The van der Waals surface area contributed by atoms with Crippen molar-refractivity contribution in [3.8, 4) is 17.2 Å². The molecule has 8 heteroatoms. The quantitative estimate of drug-likeness (QED) is 0.473. The zero-order valence-corrected chi connectivity index (χ0v) is 17.9. The minimum atomic E-state index is -0.976. The van der Waals surface area contributed by atoms with E-state index < -0.39 is 18.0 Å². The molecule has 0 aliphatic carbocycles. The van der Waals surface area contributed by atoms with Gasteiger partial charge in [0.25, 0.3) is 0 Å². The Labute approximate surface area is 180 Å². The Morgan fingerprint density at radius 1 is 0.968 bits per heavy atom. The van der Waals surface area contributed by atoms with Gasteiger partial charge in [-0.15, -0.1) is 0 Å². The zero-order chi connectivity index (χ0) is 22.5. The second-order valence-corrected chi connectivity index (χ2v) is 7.12. The van der Waals surface area contributed by atoms with Crippen molar-refractivity contribution >= 4 is 23.3 Å². The van der Waals surface area contributed by atoms with Crippen molar-refractivity contribution in [2.24, 2.45) is 5.92 Å². The summed E-state index contributed by atoms with van der Waals surface area (Å²) in [5.74, 6) is -0.158. The number of Topliss-reactive ketones (excluding diaryl/α,β-unsaturated/α-hetero) is 1. The molecule has 0 bridgehead atoms. The van der Waals surface area contributed by atoms with E-state index in [0.29, 0.717) is 28.5 Å². The smallest absolute Gasteiger partial charge is 0.312 e. The van der Waals surface area contributed by atoms with Crippen LogP contribution in [0.3, 0.4) is 0 Å². The molecule has 0 radical (unpaired) electrons. The minimum absolute atomic E-state index is 0.0113. The van der Waals surface area contributed by atoms with Gasteiger partial charge in [-0.3, -0.25) is 14.4 Å². The van der Waals surface area contributed by atoms with E-state index in [1.165, 1.54) is 33.2 Å². The summed E-state index contributed by atoms with van der Waals surface area (Å²) < 4.78 is 21.0. The number of anilines is 1. The van der Waals surface area contributed by atoms with Crippen LogP contribution in [0.1, 0.15) is 23.7 Å². The number of benzene rings is 2. The molecule has 31 heavy (non-hydrogen) atoms. The van der Waals surface area contributed by atoms with E-state index >= 15 is 0 Å². The molecule has 1 aliphatic heterocycles. The summed E-state index contributed by atoms with van der Waals surface area (Å²) in [4.78, 5) is 39.3. The Hall–Kier alpha value is -3.55. The number of carbonyl (C=O) groups excluding carboxylic acids is 3. The van der Waals surface area contributed by atoms with Crippen LogP contribution in [0, 0.1) is 5.92 Å². The van der Waals surface area contributed by atoms with E-state index in [4.69, 9.17) is 18.9 Å². The van der Waals surface area contributed by atoms with Crippen LogP contribution in [0.15, 0.2) is 42.5 Å². The van der Waals surface area contributed by atoms with Crippen molar-refractivity contribution in [2.45, 2.75) is 19.4 Å². The number of nitrogens with zero attached hydrogens (tertiary/aromatic N) is 1. The molecule has 0 N–H and O–H groups in total. The number of ether oxygens (including phenoxy) is 4. The highest BCUT2D eigenvalue weighted by molar-refractivity contribution is 6.02. The zero-order valence-electron chi connectivity index (χ0n) is 17.9. The Kier molecular flexibility index (Phi) is 6.79. The van der Waals surface area contributed by atoms with Crippen LogP contribution in [0.25, 0.3) is 0 Å². The molecule has 164 valence electrons. The largest absolute Gasteiger partial charge is 0.497 e. The average molecular weight is 427 g/mol. The maximum atomic E-state index is 12.7. The molecule has 2 aromatic carbocycles. The van der Waals surface area contributed by atoms with Gasteiger partial charge in [-0.05, 0) is 43.3 Å². The van der Waals surface area contributed by atoms with Crippen molar-refractivity contribution in [2.75, 3.05) is 32.8 Å². The number of amides is 1. The first-order valence-electron chi connectivity index (χ1n) is 9.79. The number of rotatable bonds is 8. The lowest BCUT2D eigenvalue weighted by molar-refractivity contribution is -0.151. The van der Waals surface area contributed by atoms with Crippen molar-refractivity contribution in [1.82, 2.24) is 0 Å². The van der Waals surface area contributed by atoms with Gasteiger partial charge in [0.05, 0.1) is 32.9 Å². The second kappa shape index (κ2) is 9.51. The highest BCUT2D eigenvalue weighted by atomic mass is 16.5. The Morgan fingerprint density at radius 2 is 1.61 bits per heavy atom. The summed E-state index contributed by atoms with van der Waals surface area (Å²) >= 11 is 0. The van der Waals surface area contributed by atoms with Crippen LogP contribution in [-0.2, 0) is 14.3 Å². The van der Waals surface area contributed by atoms with Gasteiger partial charge >= 0.3 is 5.97 Å². The number of carbonyl (C=O) groups is 3. The van der Waals surface area contributed by atoms with E-state index in [1.807, 2.05) is 0 Å². The molecule has 1 amide bonds. The van der Waals surface area contributed by atoms with Crippen molar-refractivity contribution < 1.29 is 33.3 Å². The van der Waals surface area contributed by atoms with Gasteiger partial charge in [-0.1, -0.05) is 0 Å². The van der Waals surface area contributed by atoms with Gasteiger partial charge in [0, 0.05) is 24.6 Å². The lowest BCUT2D eigenvalue weighted by Gasteiger charge is -2.20. The molecule has 8 nitrogen and oxygen atoms in total. The van der Waals surface area contributed by atoms with Gasteiger partial charge in [0.15, 0.2) is 6.10 Å². The highest BCUT2D eigenvalue weighted by Crippen LogP contribution is 2.36. The maximum absolute atomic E-state index is 12.7. The lowest BCUT2D eigenvalue weighted by Crippen LogP contribution is -2.30. The van der Waals surface area contributed by atoms with Crippen LogP contribution in [0.4, 0.5) is 5.69 Å². The van der Waals surface area contributed by atoms with Crippen molar-refractivity contribution in [3.63, 3.8) is 0 Å². The monoisotopic (exact) mass is 427 g/mol. The van der Waals surface area contributed by atoms with Gasteiger partial charge in [0.1, 0.15) is 17.2 Å². The van der Waals surface area contributed by atoms with Gasteiger partial charge < -0.3 is 23.8 Å². The lowest BCUT2D eigenvalue weighted by atomic mass is 10.1. The summed E-state index contributed by atoms with van der Waals surface area (Å²) in [6, 6.07) is 11.7. The van der Waals surface area contributed by atoms with E-state index in [9.17, 15) is 14.4 Å². The van der Waals surface area contributed by atoms with Crippen LogP contribution >= 0.6 is 0 Å². The average Bonchev–Trinajstić information content (AvgIpc) is 3.19. The Balaban J connectivity index is 1.68. The molecule has 1 heterocycles. The fourth-order valence-corrected chi connectivity index (χ4v) is 3.42. The fraction of sp³-hybridized carbons (Fsp3) is 0.348. The van der Waals surface area contributed by atoms with Crippen LogP contribution in [0.5, 0.6) is 17.2 Å². The third kappa shape index (κ3) is 4.79. The molecular weight excluding hydrogens is 402 g/mol. The van der Waals surface area contributed by atoms with Crippen molar-refractivity contribution in [3.05, 3.63) is 48.0 Å². The molecule has 1 fully saturated rings. The fourth-order valence-electron chi connectivity index (χ4n) is 3.42. The number of methoxy groups -OCH3 is 3. The summed E-state index contributed by atoms with van der Waals surface area (Å²) in [6.07, 6.45) is -0.987. The van der Waals surface area contributed by atoms with Gasteiger partial charge in [0.2, 0.25) is 11.7 Å². The first kappa shape index (κ1) is 22.1. The molecule has 0 unspecified atom stereocenters. The van der Waals surface area contributed by atoms with E-state index in [-0.39, 0.29) is 24.7 Å². The second-order valence-electron chi connectivity index (χ2n) is 7.12. The van der Waals surface area contributed by atoms with E-state index in [1.54, 1.807) is 42.5 Å². The molecule has 0 aromatic heterocycles. The topological polar surface area (TPSA) is 91.4 Å². The number of hydrogen-bond donors (Lipinski definition) is 0. The van der Waals surface area contributed by atoms with Crippen LogP contribution < -0.4 is 19.1 Å². The molecule has 2 aromatic rings. The molecular formula is C23H25NO7. The van der Waals surface area contributed by atoms with Crippen LogP contribution in [0.2, 0.25) is 0 Å². The summed E-state index contributed by atoms with van der Waals surface area (Å²) in [5.41, 5.74) is 0.927. The predicted molar refractivity (Wildman–Crippen MR) is 113 cm³/mol. The first-order chi connectivity index (χ1) is 14.9. The molecule has 1 aliphatic rings. The van der Waals surface area contributed by atoms with Gasteiger partial charge in [-0.25, -0.2) is 0 Å². The number of esters is 1. The molecule has 2 atom stereocenters. The summed E-state index contributed by atoms with van der Waals surface area (Å²) in [6.45, 7) is 1.65. The Morgan fingerprint density at radius 3 is 2.23 bits per heavy atom. The summed E-state index contributed by atoms with van der Waals surface area (Å²) in [7, 11) is 4.57. The molecule has 3 rings (SSSR count). The SMILES string of the molecule is COc1ccc(C(=O)[C@@H](C)OC(=O)[C@H]2CC(=O)N(c3cc(OC)ccc3OC)C2)cc1. The maximum Gasteiger partial charge on any atom is 0.312 e. The predicted octanol–water partition coefficient (Wildman–Crippen LogP) is 2.88. The summed E-state index contributed by atoms with van der Waals surface area (Å²) in [5, 5.41) is 0. The van der Waals surface area contributed by atoms with Gasteiger partial charge in [-0.2, -0.15) is 0 Å². The normalized spacial score (nSPS) is 16.6. The minimum Gasteiger partial charge on any atom is -0.497 e. The third-order valence-corrected chi connectivity index (χ3v) is 5.17. The standard InChI is InChI=1S/C23H25NO7/c1-14(22(26)15-5-7-17(28-2)8-6-15)31-23(27)16-11-21(25)24(13-16)19-12-18(29-3)9-10-20(19)30-4/h5-10,12,14,16H,11,13H2,1-4H3/t14-,16+/m1/s1. The van der Waals surface area contributed by atoms with Crippen molar-refractivity contribution in [1.29, 1.82) is 0 Å². The van der Waals surface area contributed by atoms with Crippen LogP contribution in [-0.4, -0.2) is 51.6 Å². The third-order valence-electron chi connectivity index (χ3n) is 5.17. The number of ketones is 1. The number of hydrogen-bond acceptors (Lipinski definition) is 7. The molecule has 1 saturated heterocycles. The Bertz CT molecular complexity index is 970. The molecule has 0 spiro atoms. The first-order valence-corrected chi connectivity index (χ1v) is 9.79. The van der Waals surface area contributed by atoms with E-state index in [0.717, 1.165) is 0 Å². The van der Waals surface area contributed by atoms with E-state index in [2.05, 4.69) is 0 Å².